The molecule has 0 atom stereocenters. The van der Waals surface area contributed by atoms with E-state index in [0.29, 0.717) is 22.8 Å². The Labute approximate surface area is 129 Å². The monoisotopic (exact) mass is 304 g/mol. The van der Waals surface area contributed by atoms with Crippen LogP contribution in [0.5, 0.6) is 0 Å². The molecular formula is C16H17ClN2O2. The zero-order valence-corrected chi connectivity index (χ0v) is 12.7. The number of hydrogen-bond donors (Lipinski definition) is 1. The Morgan fingerprint density at radius 2 is 1.95 bits per heavy atom. The van der Waals surface area contributed by atoms with E-state index in [1.165, 1.54) is 7.11 Å². The Morgan fingerprint density at radius 1 is 1.24 bits per heavy atom. The summed E-state index contributed by atoms with van der Waals surface area (Å²) in [6.45, 7) is 0.592. The number of carbonyl (C=O) groups excluding carboxylic acids is 1. The molecule has 0 amide bonds. The SMILES string of the molecule is COC(=O)c1cccc(N(C)Cc2ccccc2Cl)c1N. The highest BCUT2D eigenvalue weighted by atomic mass is 35.5. The molecule has 0 spiro atoms. The molecule has 0 aromatic heterocycles. The number of rotatable bonds is 4. The minimum atomic E-state index is -0.444. The summed E-state index contributed by atoms with van der Waals surface area (Å²) in [6, 6.07) is 12.9. The number of benzene rings is 2. The van der Waals surface area contributed by atoms with Crippen LogP contribution < -0.4 is 10.6 Å². The van der Waals surface area contributed by atoms with Gasteiger partial charge in [-0.3, -0.25) is 0 Å². The highest BCUT2D eigenvalue weighted by Crippen LogP contribution is 2.28. The minimum absolute atomic E-state index is 0.362. The summed E-state index contributed by atoms with van der Waals surface area (Å²) < 4.78 is 4.73. The van der Waals surface area contributed by atoms with Crippen LogP contribution in [0.25, 0.3) is 0 Å². The number of methoxy groups -OCH3 is 1. The van der Waals surface area contributed by atoms with Gasteiger partial charge in [-0.25, -0.2) is 4.79 Å². The molecular weight excluding hydrogens is 288 g/mol. The molecule has 2 rings (SSSR count). The molecule has 0 aliphatic carbocycles. The summed E-state index contributed by atoms with van der Waals surface area (Å²) in [6.07, 6.45) is 0. The lowest BCUT2D eigenvalue weighted by Gasteiger charge is -2.22. The average Bonchev–Trinajstić information content (AvgIpc) is 2.49. The van der Waals surface area contributed by atoms with Crippen LogP contribution in [0.2, 0.25) is 5.02 Å². The first-order valence-corrected chi connectivity index (χ1v) is 6.83. The molecule has 2 aromatic rings. The van der Waals surface area contributed by atoms with Crippen molar-refractivity contribution in [1.29, 1.82) is 0 Å². The molecule has 2 N–H and O–H groups in total. The predicted molar refractivity (Wildman–Crippen MR) is 85.8 cm³/mol. The first kappa shape index (κ1) is 15.2. The number of nitrogens with two attached hydrogens (primary N) is 1. The largest absolute Gasteiger partial charge is 0.465 e. The van der Waals surface area contributed by atoms with Crippen LogP contribution in [0.4, 0.5) is 11.4 Å². The third kappa shape index (κ3) is 3.28. The third-order valence-corrected chi connectivity index (χ3v) is 3.63. The van der Waals surface area contributed by atoms with Gasteiger partial charge in [-0.05, 0) is 23.8 Å². The van der Waals surface area contributed by atoms with Gasteiger partial charge in [0.15, 0.2) is 0 Å². The molecule has 0 heterocycles. The molecule has 0 radical (unpaired) electrons. The lowest BCUT2D eigenvalue weighted by Crippen LogP contribution is -2.19. The normalized spacial score (nSPS) is 10.2. The quantitative estimate of drug-likeness (QED) is 0.695. The van der Waals surface area contributed by atoms with Gasteiger partial charge in [0.05, 0.1) is 24.0 Å². The maximum Gasteiger partial charge on any atom is 0.340 e. The number of ether oxygens (including phenoxy) is 1. The summed E-state index contributed by atoms with van der Waals surface area (Å²) in [7, 11) is 3.23. The Balaban J connectivity index is 2.30. The lowest BCUT2D eigenvalue weighted by atomic mass is 10.1. The van der Waals surface area contributed by atoms with Crippen molar-refractivity contribution in [3.8, 4) is 0 Å². The maximum atomic E-state index is 11.7. The number of halogens is 1. The topological polar surface area (TPSA) is 55.6 Å². The molecule has 0 bridgehead atoms. The number of esters is 1. The van der Waals surface area contributed by atoms with Crippen LogP contribution in [0.3, 0.4) is 0 Å². The van der Waals surface area contributed by atoms with Crippen molar-refractivity contribution in [2.45, 2.75) is 6.54 Å². The fraction of sp³-hybridized carbons (Fsp3) is 0.188. The first-order valence-electron chi connectivity index (χ1n) is 6.46. The van der Waals surface area contributed by atoms with Crippen molar-refractivity contribution in [1.82, 2.24) is 0 Å². The average molecular weight is 305 g/mol. The van der Waals surface area contributed by atoms with Crippen molar-refractivity contribution < 1.29 is 9.53 Å². The number of nitrogen functional groups attached to an aromatic ring is 1. The van der Waals surface area contributed by atoms with Crippen molar-refractivity contribution >= 4 is 28.9 Å². The second-order valence-corrected chi connectivity index (χ2v) is 5.08. The van der Waals surface area contributed by atoms with Gasteiger partial charge in [0.1, 0.15) is 0 Å². The van der Waals surface area contributed by atoms with Gasteiger partial charge in [-0.1, -0.05) is 35.9 Å². The van der Waals surface area contributed by atoms with Crippen LogP contribution in [-0.4, -0.2) is 20.1 Å². The fourth-order valence-corrected chi connectivity index (χ4v) is 2.34. The lowest BCUT2D eigenvalue weighted by molar-refractivity contribution is 0.0602. The first-order chi connectivity index (χ1) is 10.0. The van der Waals surface area contributed by atoms with Crippen LogP contribution in [0.1, 0.15) is 15.9 Å². The molecule has 0 aliphatic heterocycles. The van der Waals surface area contributed by atoms with E-state index in [-0.39, 0.29) is 0 Å². The van der Waals surface area contributed by atoms with E-state index in [1.807, 2.05) is 42.3 Å². The van der Waals surface area contributed by atoms with Crippen molar-refractivity contribution in [3.05, 3.63) is 58.6 Å². The molecule has 0 fully saturated rings. The molecule has 2 aromatic carbocycles. The number of para-hydroxylation sites is 1. The minimum Gasteiger partial charge on any atom is -0.465 e. The second kappa shape index (κ2) is 6.50. The van der Waals surface area contributed by atoms with Gasteiger partial charge >= 0.3 is 5.97 Å². The molecule has 0 aliphatic rings. The molecule has 0 saturated heterocycles. The number of hydrogen-bond acceptors (Lipinski definition) is 4. The summed E-state index contributed by atoms with van der Waals surface area (Å²) in [4.78, 5) is 13.6. The summed E-state index contributed by atoms with van der Waals surface area (Å²) in [5.41, 5.74) is 8.59. The van der Waals surface area contributed by atoms with E-state index in [9.17, 15) is 4.79 Å². The Morgan fingerprint density at radius 3 is 2.62 bits per heavy atom. The van der Waals surface area contributed by atoms with Gasteiger partial charge in [-0.2, -0.15) is 0 Å². The summed E-state index contributed by atoms with van der Waals surface area (Å²) in [5.74, 6) is -0.444. The fourth-order valence-electron chi connectivity index (χ4n) is 2.14. The number of anilines is 2. The molecule has 110 valence electrons. The molecule has 0 unspecified atom stereocenters. The van der Waals surface area contributed by atoms with Crippen LogP contribution in [0.15, 0.2) is 42.5 Å². The van der Waals surface area contributed by atoms with Crippen LogP contribution in [-0.2, 0) is 11.3 Å². The zero-order valence-electron chi connectivity index (χ0n) is 12.0. The number of carbonyl (C=O) groups is 1. The van der Waals surface area contributed by atoms with E-state index in [4.69, 9.17) is 22.1 Å². The van der Waals surface area contributed by atoms with E-state index in [0.717, 1.165) is 11.3 Å². The maximum absolute atomic E-state index is 11.7. The predicted octanol–water partition coefficient (Wildman–Crippen LogP) is 3.35. The van der Waals surface area contributed by atoms with E-state index < -0.39 is 5.97 Å². The Hall–Kier alpha value is -2.20. The highest BCUT2D eigenvalue weighted by molar-refractivity contribution is 6.31. The molecule has 5 heteroatoms. The molecule has 21 heavy (non-hydrogen) atoms. The third-order valence-electron chi connectivity index (χ3n) is 3.27. The highest BCUT2D eigenvalue weighted by Gasteiger charge is 2.15. The van der Waals surface area contributed by atoms with Crippen molar-refractivity contribution in [2.24, 2.45) is 0 Å². The van der Waals surface area contributed by atoms with Crippen molar-refractivity contribution in [3.63, 3.8) is 0 Å². The van der Waals surface area contributed by atoms with Gasteiger partial charge < -0.3 is 15.4 Å². The Bertz CT molecular complexity index is 658. The second-order valence-electron chi connectivity index (χ2n) is 4.68. The van der Waals surface area contributed by atoms with Crippen molar-refractivity contribution in [2.75, 3.05) is 24.8 Å². The van der Waals surface area contributed by atoms with Crippen LogP contribution >= 0.6 is 11.6 Å². The van der Waals surface area contributed by atoms with Gasteiger partial charge in [0.2, 0.25) is 0 Å². The van der Waals surface area contributed by atoms with E-state index in [2.05, 4.69) is 0 Å². The standard InChI is InChI=1S/C16H17ClN2O2/c1-19(10-11-6-3-4-8-13(11)17)14-9-5-7-12(15(14)18)16(20)21-2/h3-9H,10,18H2,1-2H3. The van der Waals surface area contributed by atoms with Gasteiger partial charge in [-0.15, -0.1) is 0 Å². The van der Waals surface area contributed by atoms with Crippen LogP contribution in [0, 0.1) is 0 Å². The summed E-state index contributed by atoms with van der Waals surface area (Å²) >= 11 is 6.17. The Kier molecular flexibility index (Phi) is 4.70. The molecule has 0 saturated carbocycles. The van der Waals surface area contributed by atoms with E-state index >= 15 is 0 Å². The van der Waals surface area contributed by atoms with Gasteiger partial charge in [0, 0.05) is 18.6 Å². The van der Waals surface area contributed by atoms with Gasteiger partial charge in [0.25, 0.3) is 0 Å². The smallest absolute Gasteiger partial charge is 0.340 e. The molecule has 4 nitrogen and oxygen atoms in total. The number of nitrogens with zero attached hydrogens (tertiary/aromatic N) is 1. The zero-order chi connectivity index (χ0) is 15.4. The van der Waals surface area contributed by atoms with E-state index in [1.54, 1.807) is 12.1 Å². The summed E-state index contributed by atoms with van der Waals surface area (Å²) in [5, 5.41) is 0.701.